The lowest BCUT2D eigenvalue weighted by molar-refractivity contribution is 0.127. The summed E-state index contributed by atoms with van der Waals surface area (Å²) in [6, 6.07) is 6.41. The smallest absolute Gasteiger partial charge is 0.124 e. The first kappa shape index (κ1) is 13.0. The fraction of sp³-hybridized carbons (Fsp3) is 0.500. The molecular formula is C14H17FN2O. The Morgan fingerprint density at radius 1 is 1.39 bits per heavy atom. The van der Waals surface area contributed by atoms with Crippen LogP contribution < -0.4 is 0 Å². The molecule has 1 aliphatic rings. The quantitative estimate of drug-likeness (QED) is 0.888. The van der Waals surface area contributed by atoms with Crippen molar-refractivity contribution in [3.63, 3.8) is 0 Å². The van der Waals surface area contributed by atoms with Crippen molar-refractivity contribution in [1.29, 1.82) is 5.26 Å². The number of rotatable bonds is 3. The van der Waals surface area contributed by atoms with E-state index in [-0.39, 0.29) is 12.4 Å². The standard InChI is InChI=1S/C14H17FN2O/c15-14-2-1-12(13(7-14)8-16)9-17-5-3-11(10-18)4-6-17/h1-2,7,11,18H,3-6,9-10H2. The fourth-order valence-electron chi connectivity index (χ4n) is 2.36. The highest BCUT2D eigenvalue weighted by molar-refractivity contribution is 5.37. The van der Waals surface area contributed by atoms with Crippen LogP contribution in [0.15, 0.2) is 18.2 Å². The second-order valence-electron chi connectivity index (χ2n) is 4.82. The van der Waals surface area contributed by atoms with Gasteiger partial charge in [0, 0.05) is 13.2 Å². The van der Waals surface area contributed by atoms with Crippen molar-refractivity contribution < 1.29 is 9.50 Å². The second-order valence-corrected chi connectivity index (χ2v) is 4.82. The average Bonchev–Trinajstić information content (AvgIpc) is 2.41. The van der Waals surface area contributed by atoms with Crippen LogP contribution in [0.5, 0.6) is 0 Å². The summed E-state index contributed by atoms with van der Waals surface area (Å²) in [5, 5.41) is 18.1. The molecule has 0 atom stereocenters. The zero-order valence-electron chi connectivity index (χ0n) is 10.3. The van der Waals surface area contributed by atoms with Crippen molar-refractivity contribution in [3.8, 4) is 6.07 Å². The van der Waals surface area contributed by atoms with Crippen LogP contribution in [0.3, 0.4) is 0 Å². The van der Waals surface area contributed by atoms with E-state index in [0.29, 0.717) is 18.0 Å². The third-order valence-electron chi connectivity index (χ3n) is 3.55. The topological polar surface area (TPSA) is 47.3 Å². The molecule has 0 spiro atoms. The van der Waals surface area contributed by atoms with Crippen LogP contribution in [0.25, 0.3) is 0 Å². The van der Waals surface area contributed by atoms with Gasteiger partial charge in [0.25, 0.3) is 0 Å². The van der Waals surface area contributed by atoms with Gasteiger partial charge in [-0.15, -0.1) is 0 Å². The second kappa shape index (κ2) is 5.94. The molecule has 0 radical (unpaired) electrons. The van der Waals surface area contributed by atoms with Crippen LogP contribution in [0.2, 0.25) is 0 Å². The number of aliphatic hydroxyl groups is 1. The van der Waals surface area contributed by atoms with Gasteiger partial charge in [-0.05, 0) is 49.5 Å². The molecule has 3 nitrogen and oxygen atoms in total. The maximum absolute atomic E-state index is 13.0. The molecule has 1 saturated heterocycles. The molecule has 96 valence electrons. The van der Waals surface area contributed by atoms with Crippen molar-refractivity contribution in [2.75, 3.05) is 19.7 Å². The Hall–Kier alpha value is -1.44. The van der Waals surface area contributed by atoms with E-state index < -0.39 is 0 Å². The summed E-state index contributed by atoms with van der Waals surface area (Å²) in [5.74, 6) is 0.0409. The molecule has 0 bridgehead atoms. The fourth-order valence-corrected chi connectivity index (χ4v) is 2.36. The van der Waals surface area contributed by atoms with Gasteiger partial charge >= 0.3 is 0 Å². The molecule has 1 aliphatic heterocycles. The van der Waals surface area contributed by atoms with E-state index in [1.165, 1.54) is 12.1 Å². The number of piperidine rings is 1. The van der Waals surface area contributed by atoms with E-state index in [9.17, 15) is 4.39 Å². The Kier molecular flexibility index (Phi) is 4.29. The number of nitriles is 1. The lowest BCUT2D eigenvalue weighted by Crippen LogP contribution is -2.34. The van der Waals surface area contributed by atoms with Crippen LogP contribution in [0.1, 0.15) is 24.0 Å². The molecule has 0 aliphatic carbocycles. The van der Waals surface area contributed by atoms with Gasteiger partial charge in [0.15, 0.2) is 0 Å². The van der Waals surface area contributed by atoms with Crippen molar-refractivity contribution in [2.24, 2.45) is 5.92 Å². The van der Waals surface area contributed by atoms with Gasteiger partial charge in [0.1, 0.15) is 5.82 Å². The molecule has 1 aromatic carbocycles. The monoisotopic (exact) mass is 248 g/mol. The summed E-state index contributed by atoms with van der Waals surface area (Å²) in [7, 11) is 0. The van der Waals surface area contributed by atoms with E-state index in [0.717, 1.165) is 31.5 Å². The maximum atomic E-state index is 13.0. The first-order chi connectivity index (χ1) is 8.72. The van der Waals surface area contributed by atoms with E-state index in [1.807, 2.05) is 6.07 Å². The van der Waals surface area contributed by atoms with Crippen LogP contribution in [0, 0.1) is 23.1 Å². The summed E-state index contributed by atoms with van der Waals surface area (Å²) in [6.07, 6.45) is 1.97. The molecular weight excluding hydrogens is 231 g/mol. The zero-order valence-corrected chi connectivity index (χ0v) is 10.3. The van der Waals surface area contributed by atoms with E-state index in [1.54, 1.807) is 6.07 Å². The third kappa shape index (κ3) is 3.06. The molecule has 2 rings (SSSR count). The van der Waals surface area contributed by atoms with Gasteiger partial charge in [-0.1, -0.05) is 6.07 Å². The number of benzene rings is 1. The molecule has 0 aromatic heterocycles. The Bertz CT molecular complexity index is 448. The minimum Gasteiger partial charge on any atom is -0.396 e. The number of aliphatic hydroxyl groups excluding tert-OH is 1. The van der Waals surface area contributed by atoms with Gasteiger partial charge < -0.3 is 5.11 Å². The Balaban J connectivity index is 2.00. The van der Waals surface area contributed by atoms with Crippen molar-refractivity contribution in [1.82, 2.24) is 4.90 Å². The highest BCUT2D eigenvalue weighted by Gasteiger charge is 2.19. The number of halogens is 1. The molecule has 0 unspecified atom stereocenters. The first-order valence-corrected chi connectivity index (χ1v) is 6.24. The lowest BCUT2D eigenvalue weighted by atomic mass is 9.97. The van der Waals surface area contributed by atoms with Gasteiger partial charge in [-0.2, -0.15) is 5.26 Å². The van der Waals surface area contributed by atoms with E-state index in [2.05, 4.69) is 4.90 Å². The minimum atomic E-state index is -0.366. The molecule has 0 amide bonds. The lowest BCUT2D eigenvalue weighted by Gasteiger charge is -2.31. The van der Waals surface area contributed by atoms with Crippen molar-refractivity contribution >= 4 is 0 Å². The molecule has 1 N–H and O–H groups in total. The highest BCUT2D eigenvalue weighted by Crippen LogP contribution is 2.20. The van der Waals surface area contributed by atoms with Gasteiger partial charge in [0.2, 0.25) is 0 Å². The largest absolute Gasteiger partial charge is 0.396 e. The van der Waals surface area contributed by atoms with Crippen LogP contribution in [0.4, 0.5) is 4.39 Å². The number of likely N-dealkylation sites (tertiary alicyclic amines) is 1. The molecule has 18 heavy (non-hydrogen) atoms. The number of hydrogen-bond acceptors (Lipinski definition) is 3. The number of hydrogen-bond donors (Lipinski definition) is 1. The highest BCUT2D eigenvalue weighted by atomic mass is 19.1. The number of nitrogens with zero attached hydrogens (tertiary/aromatic N) is 2. The Labute approximate surface area is 106 Å². The predicted molar refractivity (Wildman–Crippen MR) is 66.2 cm³/mol. The average molecular weight is 248 g/mol. The maximum Gasteiger partial charge on any atom is 0.124 e. The summed E-state index contributed by atoms with van der Waals surface area (Å²) >= 11 is 0. The van der Waals surface area contributed by atoms with E-state index >= 15 is 0 Å². The summed E-state index contributed by atoms with van der Waals surface area (Å²) < 4.78 is 13.0. The van der Waals surface area contributed by atoms with Crippen molar-refractivity contribution in [2.45, 2.75) is 19.4 Å². The molecule has 1 fully saturated rings. The van der Waals surface area contributed by atoms with Crippen LogP contribution in [-0.2, 0) is 6.54 Å². The SMILES string of the molecule is N#Cc1cc(F)ccc1CN1CCC(CO)CC1. The van der Waals surface area contributed by atoms with Crippen molar-refractivity contribution in [3.05, 3.63) is 35.1 Å². The summed E-state index contributed by atoms with van der Waals surface area (Å²) in [4.78, 5) is 2.25. The molecule has 1 heterocycles. The van der Waals surface area contributed by atoms with Crippen LogP contribution >= 0.6 is 0 Å². The van der Waals surface area contributed by atoms with E-state index in [4.69, 9.17) is 10.4 Å². The molecule has 1 aromatic rings. The Morgan fingerprint density at radius 2 is 2.11 bits per heavy atom. The summed E-state index contributed by atoms with van der Waals surface area (Å²) in [6.45, 7) is 2.79. The van der Waals surface area contributed by atoms with Gasteiger partial charge in [0.05, 0.1) is 11.6 Å². The molecule has 4 heteroatoms. The molecule has 0 saturated carbocycles. The van der Waals surface area contributed by atoms with Gasteiger partial charge in [-0.25, -0.2) is 4.39 Å². The normalized spacial score (nSPS) is 17.6. The third-order valence-corrected chi connectivity index (χ3v) is 3.55. The van der Waals surface area contributed by atoms with Crippen LogP contribution in [-0.4, -0.2) is 29.7 Å². The van der Waals surface area contributed by atoms with Gasteiger partial charge in [-0.3, -0.25) is 4.90 Å². The Morgan fingerprint density at radius 3 is 2.72 bits per heavy atom. The minimum absolute atomic E-state index is 0.258. The summed E-state index contributed by atoms with van der Waals surface area (Å²) in [5.41, 5.74) is 1.29. The first-order valence-electron chi connectivity index (χ1n) is 6.24. The predicted octanol–water partition coefficient (Wildman–Crippen LogP) is 1.90. The zero-order chi connectivity index (χ0) is 13.0.